The summed E-state index contributed by atoms with van der Waals surface area (Å²) in [6, 6.07) is 16.3. The number of aliphatic hydroxyl groups is 1. The van der Waals surface area contributed by atoms with Gasteiger partial charge in [-0.3, -0.25) is 0 Å². The highest BCUT2D eigenvalue weighted by Gasteiger charge is 2.08. The van der Waals surface area contributed by atoms with Crippen LogP contribution in [0.2, 0.25) is 0 Å². The molecule has 98 valence electrons. The summed E-state index contributed by atoms with van der Waals surface area (Å²) < 4.78 is 5.21. The van der Waals surface area contributed by atoms with Crippen molar-refractivity contribution in [1.29, 1.82) is 0 Å². The van der Waals surface area contributed by atoms with Gasteiger partial charge in [0.25, 0.3) is 0 Å². The number of hydrogen-bond donors (Lipinski definition) is 1. The first kappa shape index (κ1) is 13.3. The maximum absolute atomic E-state index is 11.8. The number of esters is 1. The van der Waals surface area contributed by atoms with Crippen molar-refractivity contribution >= 4 is 5.97 Å². The summed E-state index contributed by atoms with van der Waals surface area (Å²) in [7, 11) is 0. The molecule has 0 saturated carbocycles. The summed E-state index contributed by atoms with van der Waals surface area (Å²) in [5.41, 5.74) is 2.22. The van der Waals surface area contributed by atoms with Gasteiger partial charge >= 0.3 is 5.97 Å². The van der Waals surface area contributed by atoms with Gasteiger partial charge < -0.3 is 9.84 Å². The zero-order valence-corrected chi connectivity index (χ0v) is 10.7. The van der Waals surface area contributed by atoms with Gasteiger partial charge in [-0.25, -0.2) is 4.79 Å². The van der Waals surface area contributed by atoms with E-state index in [1.165, 1.54) is 0 Å². The third kappa shape index (κ3) is 3.66. The SMILES string of the molecule is CC(O)c1ccc(C(=O)OCc2ccccc2)cc1. The Morgan fingerprint density at radius 2 is 1.74 bits per heavy atom. The first-order chi connectivity index (χ1) is 9.16. The molecule has 0 fully saturated rings. The van der Waals surface area contributed by atoms with Gasteiger partial charge in [0, 0.05) is 0 Å². The molecule has 0 aliphatic carbocycles. The lowest BCUT2D eigenvalue weighted by molar-refractivity contribution is 0.0472. The number of benzene rings is 2. The summed E-state index contributed by atoms with van der Waals surface area (Å²) in [6.07, 6.45) is -0.533. The van der Waals surface area contributed by atoms with Crippen molar-refractivity contribution in [2.75, 3.05) is 0 Å². The van der Waals surface area contributed by atoms with Gasteiger partial charge in [-0.05, 0) is 30.2 Å². The summed E-state index contributed by atoms with van der Waals surface area (Å²) >= 11 is 0. The van der Waals surface area contributed by atoms with E-state index >= 15 is 0 Å². The minimum absolute atomic E-state index is 0.262. The Bertz CT molecular complexity index is 530. The maximum atomic E-state index is 11.8. The van der Waals surface area contributed by atoms with Gasteiger partial charge in [-0.1, -0.05) is 42.5 Å². The van der Waals surface area contributed by atoms with Crippen molar-refractivity contribution in [3.63, 3.8) is 0 Å². The molecule has 0 aliphatic heterocycles. The van der Waals surface area contributed by atoms with Gasteiger partial charge in [-0.15, -0.1) is 0 Å². The zero-order chi connectivity index (χ0) is 13.7. The van der Waals surface area contributed by atoms with Crippen LogP contribution in [-0.2, 0) is 11.3 Å². The average Bonchev–Trinajstić information content (AvgIpc) is 2.46. The minimum Gasteiger partial charge on any atom is -0.457 e. The molecule has 0 spiro atoms. The Labute approximate surface area is 112 Å². The zero-order valence-electron chi connectivity index (χ0n) is 10.7. The molecule has 2 aromatic carbocycles. The predicted molar refractivity (Wildman–Crippen MR) is 72.6 cm³/mol. The quantitative estimate of drug-likeness (QED) is 0.855. The standard InChI is InChI=1S/C16H16O3/c1-12(17)14-7-9-15(10-8-14)16(18)19-11-13-5-3-2-4-6-13/h2-10,12,17H,11H2,1H3. The van der Waals surface area contributed by atoms with E-state index in [1.807, 2.05) is 30.3 Å². The molecule has 1 atom stereocenters. The van der Waals surface area contributed by atoms with Crippen LogP contribution in [0.3, 0.4) is 0 Å². The normalized spacial score (nSPS) is 11.9. The first-order valence-corrected chi connectivity index (χ1v) is 6.16. The molecule has 0 aliphatic rings. The van der Waals surface area contributed by atoms with E-state index in [2.05, 4.69) is 0 Å². The highest BCUT2D eigenvalue weighted by atomic mass is 16.5. The van der Waals surface area contributed by atoms with Gasteiger partial charge in [-0.2, -0.15) is 0 Å². The second-order valence-corrected chi connectivity index (χ2v) is 4.36. The Hall–Kier alpha value is -2.13. The number of ether oxygens (including phenoxy) is 1. The third-order valence-electron chi connectivity index (χ3n) is 2.84. The third-order valence-corrected chi connectivity index (χ3v) is 2.84. The van der Waals surface area contributed by atoms with Gasteiger partial charge in [0.1, 0.15) is 6.61 Å². The lowest BCUT2D eigenvalue weighted by Crippen LogP contribution is -2.05. The van der Waals surface area contributed by atoms with E-state index in [-0.39, 0.29) is 12.6 Å². The highest BCUT2D eigenvalue weighted by molar-refractivity contribution is 5.89. The van der Waals surface area contributed by atoms with Crippen molar-refractivity contribution in [3.8, 4) is 0 Å². The Morgan fingerprint density at radius 3 is 2.32 bits per heavy atom. The van der Waals surface area contributed by atoms with Crippen molar-refractivity contribution in [2.24, 2.45) is 0 Å². The maximum Gasteiger partial charge on any atom is 0.338 e. The Morgan fingerprint density at radius 1 is 1.11 bits per heavy atom. The fraction of sp³-hybridized carbons (Fsp3) is 0.188. The molecular weight excluding hydrogens is 240 g/mol. The van der Waals surface area contributed by atoms with Crippen LogP contribution in [0.25, 0.3) is 0 Å². The largest absolute Gasteiger partial charge is 0.457 e. The minimum atomic E-state index is -0.533. The average molecular weight is 256 g/mol. The Balaban J connectivity index is 1.96. The van der Waals surface area contributed by atoms with E-state index in [9.17, 15) is 9.90 Å². The number of carbonyl (C=O) groups is 1. The van der Waals surface area contributed by atoms with E-state index in [4.69, 9.17) is 4.74 Å². The summed E-state index contributed by atoms with van der Waals surface area (Å²) in [5.74, 6) is -0.360. The van der Waals surface area contributed by atoms with Crippen LogP contribution in [0.4, 0.5) is 0 Å². The molecule has 3 heteroatoms. The summed E-state index contributed by atoms with van der Waals surface area (Å²) in [4.78, 5) is 11.8. The molecule has 0 bridgehead atoms. The highest BCUT2D eigenvalue weighted by Crippen LogP contribution is 2.13. The van der Waals surface area contributed by atoms with Crippen molar-refractivity contribution < 1.29 is 14.6 Å². The van der Waals surface area contributed by atoms with Crippen LogP contribution in [0, 0.1) is 0 Å². The molecule has 1 N–H and O–H groups in total. The fourth-order valence-corrected chi connectivity index (χ4v) is 1.70. The molecule has 0 heterocycles. The summed E-state index contributed by atoms with van der Waals surface area (Å²) in [5, 5.41) is 9.39. The van der Waals surface area contributed by atoms with E-state index in [0.29, 0.717) is 5.56 Å². The fourth-order valence-electron chi connectivity index (χ4n) is 1.70. The number of hydrogen-bond acceptors (Lipinski definition) is 3. The number of carbonyl (C=O) groups excluding carboxylic acids is 1. The van der Waals surface area contributed by atoms with Gasteiger partial charge in [0.15, 0.2) is 0 Å². The van der Waals surface area contributed by atoms with Crippen molar-refractivity contribution in [2.45, 2.75) is 19.6 Å². The topological polar surface area (TPSA) is 46.5 Å². The molecular formula is C16H16O3. The molecule has 2 aromatic rings. The molecule has 2 rings (SSSR count). The molecule has 0 aromatic heterocycles. The van der Waals surface area contributed by atoms with Gasteiger partial charge in [0.05, 0.1) is 11.7 Å². The molecule has 19 heavy (non-hydrogen) atoms. The van der Waals surface area contributed by atoms with Crippen molar-refractivity contribution in [3.05, 3.63) is 71.3 Å². The Kier molecular flexibility index (Phi) is 4.31. The monoisotopic (exact) mass is 256 g/mol. The lowest BCUT2D eigenvalue weighted by atomic mass is 10.1. The lowest BCUT2D eigenvalue weighted by Gasteiger charge is -2.07. The molecule has 0 saturated heterocycles. The van der Waals surface area contributed by atoms with Crippen molar-refractivity contribution in [1.82, 2.24) is 0 Å². The van der Waals surface area contributed by atoms with Crippen LogP contribution in [-0.4, -0.2) is 11.1 Å². The molecule has 1 unspecified atom stereocenters. The van der Waals surface area contributed by atoms with Crippen LogP contribution >= 0.6 is 0 Å². The predicted octanol–water partition coefficient (Wildman–Crippen LogP) is 3.10. The van der Waals surface area contributed by atoms with Crippen LogP contribution in [0.5, 0.6) is 0 Å². The molecule has 3 nitrogen and oxygen atoms in total. The van der Waals surface area contributed by atoms with E-state index in [0.717, 1.165) is 11.1 Å². The molecule has 0 radical (unpaired) electrons. The number of rotatable bonds is 4. The van der Waals surface area contributed by atoms with Crippen LogP contribution in [0.15, 0.2) is 54.6 Å². The second kappa shape index (κ2) is 6.16. The summed E-state index contributed by atoms with van der Waals surface area (Å²) in [6.45, 7) is 1.94. The van der Waals surface area contributed by atoms with Gasteiger partial charge in [0.2, 0.25) is 0 Å². The van der Waals surface area contributed by atoms with E-state index < -0.39 is 6.10 Å². The molecule has 0 amide bonds. The first-order valence-electron chi connectivity index (χ1n) is 6.16. The number of aliphatic hydroxyl groups excluding tert-OH is 1. The van der Waals surface area contributed by atoms with Crippen LogP contribution < -0.4 is 0 Å². The smallest absolute Gasteiger partial charge is 0.338 e. The second-order valence-electron chi connectivity index (χ2n) is 4.36. The van der Waals surface area contributed by atoms with E-state index in [1.54, 1.807) is 31.2 Å². The van der Waals surface area contributed by atoms with Crippen LogP contribution in [0.1, 0.15) is 34.5 Å².